The van der Waals surface area contributed by atoms with Crippen LogP contribution in [0.25, 0.3) is 0 Å². The molecule has 1 aromatic heterocycles. The third kappa shape index (κ3) is 4.01. The van der Waals surface area contributed by atoms with Crippen LogP contribution >= 0.6 is 0 Å². The fourth-order valence-corrected chi connectivity index (χ4v) is 3.89. The number of aryl methyl sites for hydroxylation is 1. The lowest BCUT2D eigenvalue weighted by Gasteiger charge is -2.44. The van der Waals surface area contributed by atoms with Gasteiger partial charge in [0.1, 0.15) is 23.0 Å². The minimum absolute atomic E-state index is 0.250. The molecule has 4 rings (SSSR count). The number of likely N-dealkylation sites (tertiary alicyclic amines) is 1. The van der Waals surface area contributed by atoms with Gasteiger partial charge in [-0.1, -0.05) is 0 Å². The zero-order chi connectivity index (χ0) is 20.4. The summed E-state index contributed by atoms with van der Waals surface area (Å²) in [4.78, 5) is 30.0. The normalized spacial score (nSPS) is 17.2. The smallest absolute Gasteiger partial charge is 0.338 e. The third-order valence-electron chi connectivity index (χ3n) is 5.58. The van der Waals surface area contributed by atoms with Crippen molar-refractivity contribution in [2.24, 2.45) is 0 Å². The van der Waals surface area contributed by atoms with Gasteiger partial charge in [0.25, 0.3) is 0 Å². The van der Waals surface area contributed by atoms with Crippen molar-refractivity contribution in [3.05, 3.63) is 53.5 Å². The van der Waals surface area contributed by atoms with Gasteiger partial charge in [-0.05, 0) is 48.7 Å². The minimum Gasteiger partial charge on any atom is -0.487 e. The first-order valence-corrected chi connectivity index (χ1v) is 9.56. The van der Waals surface area contributed by atoms with Crippen LogP contribution in [-0.2, 0) is 11.2 Å². The number of piperidine rings is 1. The lowest BCUT2D eigenvalue weighted by atomic mass is 9.83. The average Bonchev–Trinajstić information content (AvgIpc) is 2.74. The first-order valence-electron chi connectivity index (χ1n) is 9.56. The van der Waals surface area contributed by atoms with Crippen LogP contribution in [0.4, 0.5) is 15.0 Å². The number of rotatable bonds is 2. The van der Waals surface area contributed by atoms with Crippen molar-refractivity contribution in [3.8, 4) is 5.75 Å². The molecule has 29 heavy (non-hydrogen) atoms. The van der Waals surface area contributed by atoms with Gasteiger partial charge in [-0.2, -0.15) is 0 Å². The zero-order valence-electron chi connectivity index (χ0n) is 16.1. The summed E-state index contributed by atoms with van der Waals surface area (Å²) in [6, 6.07) is 7.36. The fourth-order valence-electron chi connectivity index (χ4n) is 3.89. The molecule has 3 heterocycles. The van der Waals surface area contributed by atoms with Crippen LogP contribution in [0.5, 0.6) is 5.75 Å². The average molecular weight is 399 g/mol. The van der Waals surface area contributed by atoms with Gasteiger partial charge in [-0.25, -0.2) is 19.0 Å². The predicted octanol–water partition coefficient (Wildman–Crippen LogP) is 3.40. The second-order valence-corrected chi connectivity index (χ2v) is 7.38. The molecule has 1 N–H and O–H groups in total. The Kier molecular flexibility index (Phi) is 5.08. The quantitative estimate of drug-likeness (QED) is 0.783. The van der Waals surface area contributed by atoms with Crippen LogP contribution in [0, 0.1) is 5.82 Å². The highest BCUT2D eigenvalue weighted by Gasteiger charge is 2.40. The molecule has 2 amide bonds. The number of hydrogen-bond donors (Lipinski definition) is 1. The van der Waals surface area contributed by atoms with Crippen molar-refractivity contribution in [2.45, 2.75) is 31.3 Å². The number of esters is 1. The van der Waals surface area contributed by atoms with E-state index in [1.165, 1.54) is 37.6 Å². The molecule has 1 fully saturated rings. The Bertz CT molecular complexity index is 941. The number of methoxy groups -OCH3 is 1. The summed E-state index contributed by atoms with van der Waals surface area (Å²) in [5.74, 6) is 0.291. The van der Waals surface area contributed by atoms with Crippen molar-refractivity contribution in [1.82, 2.24) is 9.88 Å². The SMILES string of the molecule is COC(=O)c1ccnc(NC(=O)N2CCC3(CCc4cc(F)ccc4O3)CC2)c1. The van der Waals surface area contributed by atoms with Crippen molar-refractivity contribution in [2.75, 3.05) is 25.5 Å². The summed E-state index contributed by atoms with van der Waals surface area (Å²) >= 11 is 0. The van der Waals surface area contributed by atoms with E-state index >= 15 is 0 Å². The number of aromatic nitrogens is 1. The van der Waals surface area contributed by atoms with E-state index in [-0.39, 0.29) is 17.4 Å². The Morgan fingerprint density at radius 3 is 2.76 bits per heavy atom. The first-order chi connectivity index (χ1) is 14.0. The topological polar surface area (TPSA) is 80.8 Å². The molecular weight excluding hydrogens is 377 g/mol. The number of halogens is 1. The van der Waals surface area contributed by atoms with Crippen LogP contribution < -0.4 is 10.1 Å². The number of benzene rings is 1. The number of anilines is 1. The van der Waals surface area contributed by atoms with E-state index < -0.39 is 5.97 Å². The molecule has 0 bridgehead atoms. The van der Waals surface area contributed by atoms with Crippen LogP contribution in [0.1, 0.15) is 35.2 Å². The van der Waals surface area contributed by atoms with E-state index in [1.54, 1.807) is 11.0 Å². The van der Waals surface area contributed by atoms with Crippen molar-refractivity contribution in [3.63, 3.8) is 0 Å². The van der Waals surface area contributed by atoms with Crippen LogP contribution in [0.2, 0.25) is 0 Å². The monoisotopic (exact) mass is 399 g/mol. The first kappa shape index (κ1) is 19.2. The van der Waals surface area contributed by atoms with E-state index in [1.807, 2.05) is 0 Å². The van der Waals surface area contributed by atoms with Crippen LogP contribution in [0.3, 0.4) is 0 Å². The number of amides is 2. The number of fused-ring (bicyclic) bond motifs is 1. The summed E-state index contributed by atoms with van der Waals surface area (Å²) in [5, 5.41) is 2.73. The molecule has 0 radical (unpaired) electrons. The molecule has 152 valence electrons. The van der Waals surface area contributed by atoms with Gasteiger partial charge in [-0.3, -0.25) is 5.32 Å². The molecule has 2 aliphatic rings. The molecule has 2 aromatic rings. The van der Waals surface area contributed by atoms with Crippen molar-refractivity contribution >= 4 is 17.8 Å². The number of pyridine rings is 1. The number of nitrogens with zero attached hydrogens (tertiary/aromatic N) is 2. The lowest BCUT2D eigenvalue weighted by molar-refractivity contribution is -0.00448. The van der Waals surface area contributed by atoms with Gasteiger partial charge >= 0.3 is 12.0 Å². The Balaban J connectivity index is 1.37. The number of urea groups is 1. The van der Waals surface area contributed by atoms with Gasteiger partial charge in [0.2, 0.25) is 0 Å². The largest absolute Gasteiger partial charge is 0.487 e. The van der Waals surface area contributed by atoms with Crippen LogP contribution in [-0.4, -0.2) is 47.7 Å². The van der Waals surface area contributed by atoms with Crippen LogP contribution in [0.15, 0.2) is 36.5 Å². The Morgan fingerprint density at radius 1 is 1.21 bits per heavy atom. The van der Waals surface area contributed by atoms with Crippen molar-refractivity contribution < 1.29 is 23.5 Å². The molecule has 0 unspecified atom stereocenters. The number of nitrogens with one attached hydrogen (secondary N) is 1. The molecule has 8 heteroatoms. The summed E-state index contributed by atoms with van der Waals surface area (Å²) in [6.45, 7) is 1.08. The molecule has 0 aliphatic carbocycles. The number of carbonyl (C=O) groups excluding carboxylic acids is 2. The second kappa shape index (κ2) is 7.69. The summed E-state index contributed by atoms with van der Waals surface area (Å²) in [6.07, 6.45) is 4.42. The van der Waals surface area contributed by atoms with Crippen molar-refractivity contribution in [1.29, 1.82) is 0 Å². The Hall–Kier alpha value is -3.16. The van der Waals surface area contributed by atoms with E-state index in [4.69, 9.17) is 4.74 Å². The molecular formula is C21H22FN3O4. The Morgan fingerprint density at radius 2 is 2.00 bits per heavy atom. The van der Waals surface area contributed by atoms with E-state index in [0.29, 0.717) is 37.3 Å². The molecule has 1 saturated heterocycles. The second-order valence-electron chi connectivity index (χ2n) is 7.38. The van der Waals surface area contributed by atoms with E-state index in [2.05, 4.69) is 15.0 Å². The van der Waals surface area contributed by atoms with Gasteiger partial charge in [0.15, 0.2) is 0 Å². The van der Waals surface area contributed by atoms with Gasteiger partial charge in [0, 0.05) is 32.1 Å². The summed E-state index contributed by atoms with van der Waals surface area (Å²) < 4.78 is 24.3. The maximum absolute atomic E-state index is 13.4. The molecule has 0 atom stereocenters. The minimum atomic E-state index is -0.488. The zero-order valence-corrected chi connectivity index (χ0v) is 16.1. The maximum atomic E-state index is 13.4. The van der Waals surface area contributed by atoms with Gasteiger partial charge in [0.05, 0.1) is 12.7 Å². The standard InChI is InChI=1S/C21H22FN3O4/c1-28-19(26)15-5-9-23-18(13-15)24-20(27)25-10-7-21(8-11-25)6-4-14-12-16(22)2-3-17(14)29-21/h2-3,5,9,12-13H,4,6-8,10-11H2,1H3,(H,23,24,27). The van der Waals surface area contributed by atoms with Gasteiger partial charge < -0.3 is 14.4 Å². The Labute approximate surface area is 167 Å². The molecule has 2 aliphatic heterocycles. The lowest BCUT2D eigenvalue weighted by Crippen LogP contribution is -2.52. The molecule has 1 aromatic carbocycles. The molecule has 1 spiro atoms. The highest BCUT2D eigenvalue weighted by Crippen LogP contribution is 2.39. The number of carbonyl (C=O) groups is 2. The number of hydrogen-bond acceptors (Lipinski definition) is 5. The van der Waals surface area contributed by atoms with E-state index in [0.717, 1.165) is 24.2 Å². The highest BCUT2D eigenvalue weighted by molar-refractivity contribution is 5.93. The fraction of sp³-hybridized carbons (Fsp3) is 0.381. The van der Waals surface area contributed by atoms with Gasteiger partial charge in [-0.15, -0.1) is 0 Å². The summed E-state index contributed by atoms with van der Waals surface area (Å²) in [5.41, 5.74) is 0.901. The summed E-state index contributed by atoms with van der Waals surface area (Å²) in [7, 11) is 1.30. The highest BCUT2D eigenvalue weighted by atomic mass is 19.1. The molecule has 7 nitrogen and oxygen atoms in total. The third-order valence-corrected chi connectivity index (χ3v) is 5.58. The predicted molar refractivity (Wildman–Crippen MR) is 103 cm³/mol. The molecule has 0 saturated carbocycles. The number of ether oxygens (including phenoxy) is 2. The van der Waals surface area contributed by atoms with E-state index in [9.17, 15) is 14.0 Å². The maximum Gasteiger partial charge on any atom is 0.338 e.